The van der Waals surface area contributed by atoms with E-state index in [2.05, 4.69) is 27.6 Å². The summed E-state index contributed by atoms with van der Waals surface area (Å²) in [5.74, 6) is 0.455. The van der Waals surface area contributed by atoms with E-state index in [0.717, 1.165) is 11.3 Å². The van der Waals surface area contributed by atoms with Crippen molar-refractivity contribution in [2.24, 2.45) is 0 Å². The number of amides is 1. The van der Waals surface area contributed by atoms with Gasteiger partial charge in [0.2, 0.25) is 5.91 Å². The molecule has 24 heavy (non-hydrogen) atoms. The summed E-state index contributed by atoms with van der Waals surface area (Å²) in [6, 6.07) is 13.9. The van der Waals surface area contributed by atoms with E-state index >= 15 is 0 Å². The van der Waals surface area contributed by atoms with Crippen molar-refractivity contribution in [1.29, 1.82) is 0 Å². The first-order valence-electron chi connectivity index (χ1n) is 7.58. The summed E-state index contributed by atoms with van der Waals surface area (Å²) < 4.78 is 5.59. The lowest BCUT2D eigenvalue weighted by molar-refractivity contribution is -0.120. The SMILES string of the molecule is CC(Sc1nnc(-c2cccs2)o1)C(=O)NCCc1ccccc1. The normalized spacial score (nSPS) is 12.0. The lowest BCUT2D eigenvalue weighted by atomic mass is 10.1. The summed E-state index contributed by atoms with van der Waals surface area (Å²) in [5, 5.41) is 13.0. The number of carbonyl (C=O) groups excluding carboxylic acids is 1. The zero-order valence-electron chi connectivity index (χ0n) is 13.1. The van der Waals surface area contributed by atoms with Gasteiger partial charge < -0.3 is 9.73 Å². The molecule has 7 heteroatoms. The van der Waals surface area contributed by atoms with Gasteiger partial charge in [0.25, 0.3) is 11.1 Å². The minimum Gasteiger partial charge on any atom is -0.410 e. The van der Waals surface area contributed by atoms with Crippen LogP contribution in [0.3, 0.4) is 0 Å². The van der Waals surface area contributed by atoms with E-state index in [4.69, 9.17) is 4.42 Å². The molecule has 0 aliphatic carbocycles. The predicted molar refractivity (Wildman–Crippen MR) is 96.1 cm³/mol. The van der Waals surface area contributed by atoms with Crippen LogP contribution in [0.5, 0.6) is 0 Å². The smallest absolute Gasteiger partial charge is 0.277 e. The molecule has 0 saturated heterocycles. The highest BCUT2D eigenvalue weighted by Crippen LogP contribution is 2.28. The van der Waals surface area contributed by atoms with Crippen LogP contribution >= 0.6 is 23.1 Å². The fourth-order valence-corrected chi connectivity index (χ4v) is 3.43. The number of carbonyl (C=O) groups is 1. The monoisotopic (exact) mass is 359 g/mol. The van der Waals surface area contributed by atoms with Crippen molar-refractivity contribution in [2.45, 2.75) is 23.8 Å². The van der Waals surface area contributed by atoms with Gasteiger partial charge in [0, 0.05) is 6.54 Å². The van der Waals surface area contributed by atoms with Gasteiger partial charge in [0.05, 0.1) is 10.1 Å². The number of thiophene rings is 1. The van der Waals surface area contributed by atoms with Crippen LogP contribution in [0.1, 0.15) is 12.5 Å². The Hall–Kier alpha value is -2.12. The summed E-state index contributed by atoms with van der Waals surface area (Å²) in [4.78, 5) is 13.1. The predicted octanol–water partition coefficient (Wildman–Crippen LogP) is 3.64. The van der Waals surface area contributed by atoms with Gasteiger partial charge in [0.1, 0.15) is 0 Å². The lowest BCUT2D eigenvalue weighted by Crippen LogP contribution is -2.32. The fraction of sp³-hybridized carbons (Fsp3) is 0.235. The van der Waals surface area contributed by atoms with Crippen molar-refractivity contribution >= 4 is 29.0 Å². The number of nitrogens with one attached hydrogen (secondary N) is 1. The first-order valence-corrected chi connectivity index (χ1v) is 9.34. The molecule has 1 atom stereocenters. The van der Waals surface area contributed by atoms with Crippen LogP contribution in [0.2, 0.25) is 0 Å². The summed E-state index contributed by atoms with van der Waals surface area (Å²) in [6.07, 6.45) is 0.813. The van der Waals surface area contributed by atoms with Crippen molar-refractivity contribution in [3.8, 4) is 10.8 Å². The maximum absolute atomic E-state index is 12.2. The standard InChI is InChI=1S/C17H17N3O2S2/c1-12(15(21)18-10-9-13-6-3-2-4-7-13)24-17-20-19-16(22-17)14-8-5-11-23-14/h2-8,11-12H,9-10H2,1H3,(H,18,21). The summed E-state index contributed by atoms with van der Waals surface area (Å²) in [5.41, 5.74) is 1.20. The topological polar surface area (TPSA) is 68.0 Å². The molecule has 3 rings (SSSR count). The first kappa shape index (κ1) is 16.7. The van der Waals surface area contributed by atoms with Crippen LogP contribution in [-0.2, 0) is 11.2 Å². The molecule has 2 heterocycles. The van der Waals surface area contributed by atoms with Gasteiger partial charge in [0.15, 0.2) is 0 Å². The Balaban J connectivity index is 1.47. The van der Waals surface area contributed by atoms with Crippen LogP contribution in [0.4, 0.5) is 0 Å². The molecule has 0 saturated carbocycles. The second kappa shape index (κ2) is 8.12. The van der Waals surface area contributed by atoms with Crippen LogP contribution in [-0.4, -0.2) is 27.9 Å². The van der Waals surface area contributed by atoms with E-state index in [1.54, 1.807) is 0 Å². The molecule has 0 aliphatic rings. The Morgan fingerprint density at radius 1 is 1.25 bits per heavy atom. The highest BCUT2D eigenvalue weighted by molar-refractivity contribution is 8.00. The molecule has 0 radical (unpaired) electrons. The molecule has 0 fully saturated rings. The first-order chi connectivity index (χ1) is 11.7. The van der Waals surface area contributed by atoms with E-state index in [1.807, 2.05) is 42.6 Å². The molecule has 1 amide bonds. The third-order valence-electron chi connectivity index (χ3n) is 3.34. The minimum atomic E-state index is -0.294. The van der Waals surface area contributed by atoms with E-state index in [1.165, 1.54) is 28.7 Å². The van der Waals surface area contributed by atoms with Gasteiger partial charge in [-0.15, -0.1) is 21.5 Å². The molecular weight excluding hydrogens is 342 g/mol. The number of nitrogens with zero attached hydrogens (tertiary/aromatic N) is 2. The van der Waals surface area contributed by atoms with Crippen molar-refractivity contribution in [3.63, 3.8) is 0 Å². The molecular formula is C17H17N3O2S2. The molecule has 1 aromatic carbocycles. The molecule has 5 nitrogen and oxygen atoms in total. The second-order valence-electron chi connectivity index (χ2n) is 5.14. The highest BCUT2D eigenvalue weighted by atomic mass is 32.2. The number of hydrogen-bond acceptors (Lipinski definition) is 6. The fourth-order valence-electron chi connectivity index (χ4n) is 2.08. The van der Waals surface area contributed by atoms with Gasteiger partial charge >= 0.3 is 0 Å². The van der Waals surface area contributed by atoms with Crippen LogP contribution in [0.15, 0.2) is 57.5 Å². The molecule has 0 spiro atoms. The minimum absolute atomic E-state index is 0.0354. The third kappa shape index (κ3) is 4.46. The zero-order chi connectivity index (χ0) is 16.8. The van der Waals surface area contributed by atoms with Crippen molar-refractivity contribution < 1.29 is 9.21 Å². The summed E-state index contributed by atoms with van der Waals surface area (Å²) in [6.45, 7) is 2.44. The summed E-state index contributed by atoms with van der Waals surface area (Å²) in [7, 11) is 0. The zero-order valence-corrected chi connectivity index (χ0v) is 14.8. The Kier molecular flexibility index (Phi) is 5.66. The van der Waals surface area contributed by atoms with Gasteiger partial charge in [-0.1, -0.05) is 48.2 Å². The van der Waals surface area contributed by atoms with Crippen LogP contribution in [0, 0.1) is 0 Å². The Morgan fingerprint density at radius 2 is 2.08 bits per heavy atom. The lowest BCUT2D eigenvalue weighted by Gasteiger charge is -2.09. The van der Waals surface area contributed by atoms with Gasteiger partial charge in [-0.2, -0.15) is 0 Å². The van der Waals surface area contributed by atoms with Crippen molar-refractivity contribution in [2.75, 3.05) is 6.54 Å². The Labute approximate surface area is 148 Å². The van der Waals surface area contributed by atoms with E-state index in [0.29, 0.717) is 17.7 Å². The second-order valence-corrected chi connectivity index (χ2v) is 7.38. The van der Waals surface area contributed by atoms with E-state index in [9.17, 15) is 4.79 Å². The van der Waals surface area contributed by atoms with Gasteiger partial charge in [-0.05, 0) is 30.4 Å². The molecule has 1 N–H and O–H groups in total. The quantitative estimate of drug-likeness (QED) is 0.652. The molecule has 0 bridgehead atoms. The number of rotatable bonds is 7. The molecule has 124 valence electrons. The van der Waals surface area contributed by atoms with E-state index < -0.39 is 0 Å². The largest absolute Gasteiger partial charge is 0.410 e. The summed E-state index contributed by atoms with van der Waals surface area (Å²) >= 11 is 2.81. The van der Waals surface area contributed by atoms with Gasteiger partial charge in [-0.3, -0.25) is 4.79 Å². The number of hydrogen-bond donors (Lipinski definition) is 1. The number of aromatic nitrogens is 2. The maximum atomic E-state index is 12.2. The highest BCUT2D eigenvalue weighted by Gasteiger charge is 2.18. The maximum Gasteiger partial charge on any atom is 0.277 e. The van der Waals surface area contributed by atoms with Crippen LogP contribution < -0.4 is 5.32 Å². The van der Waals surface area contributed by atoms with Crippen LogP contribution in [0.25, 0.3) is 10.8 Å². The van der Waals surface area contributed by atoms with Crippen molar-refractivity contribution in [3.05, 3.63) is 53.4 Å². The Bertz CT molecular complexity index is 772. The van der Waals surface area contributed by atoms with E-state index in [-0.39, 0.29) is 11.2 Å². The van der Waals surface area contributed by atoms with Gasteiger partial charge in [-0.25, -0.2) is 0 Å². The molecule has 3 aromatic rings. The Morgan fingerprint density at radius 3 is 2.83 bits per heavy atom. The third-order valence-corrected chi connectivity index (χ3v) is 5.13. The van der Waals surface area contributed by atoms with Crippen molar-refractivity contribution in [1.82, 2.24) is 15.5 Å². The number of thioether (sulfide) groups is 1. The molecule has 2 aromatic heterocycles. The average Bonchev–Trinajstić information content (AvgIpc) is 3.27. The average molecular weight is 359 g/mol. The number of benzene rings is 1. The molecule has 0 aliphatic heterocycles. The molecule has 1 unspecified atom stereocenters.